The fraction of sp³-hybridized carbons (Fsp3) is 0.263. The summed E-state index contributed by atoms with van der Waals surface area (Å²) in [6.45, 7) is 0. The number of sulfone groups is 1. The molecule has 0 radical (unpaired) electrons. The standard InChI is InChI=1S/C19H15BrCl2N2O3S2/c20-12-3-6-15(14(22)8-12)24-16-9-29(26,27)10-17(16)28-19(24)23-18(25)7-11-1-4-13(21)5-2-11/h1-6,8,16-17H,7,9-10H2/t16-,17+/m1/s1. The number of carbonyl (C=O) groups excluding carboxylic acids is 1. The SMILES string of the molecule is O=C(Cc1ccc(Cl)cc1)N=C1S[C@H]2CS(=O)(=O)C[C@H]2N1c1ccc(Br)cc1Cl. The van der Waals surface area contributed by atoms with Gasteiger partial charge in [0, 0.05) is 14.7 Å². The molecule has 29 heavy (non-hydrogen) atoms. The number of thioether (sulfide) groups is 1. The van der Waals surface area contributed by atoms with Crippen molar-refractivity contribution in [1.82, 2.24) is 0 Å². The molecule has 4 rings (SSSR count). The summed E-state index contributed by atoms with van der Waals surface area (Å²) < 4.78 is 25.1. The van der Waals surface area contributed by atoms with E-state index in [1.54, 1.807) is 41.3 Å². The Morgan fingerprint density at radius 1 is 1.17 bits per heavy atom. The number of halogens is 3. The first-order chi connectivity index (χ1) is 13.7. The average molecular weight is 534 g/mol. The van der Waals surface area contributed by atoms with Crippen molar-refractivity contribution in [2.45, 2.75) is 17.7 Å². The maximum atomic E-state index is 12.6. The van der Waals surface area contributed by atoms with Gasteiger partial charge >= 0.3 is 0 Å². The molecule has 2 heterocycles. The van der Waals surface area contributed by atoms with Crippen LogP contribution in [0.15, 0.2) is 51.9 Å². The van der Waals surface area contributed by atoms with Gasteiger partial charge in [0.15, 0.2) is 15.0 Å². The van der Waals surface area contributed by atoms with Crippen LogP contribution in [-0.4, -0.2) is 42.3 Å². The number of anilines is 1. The minimum atomic E-state index is -3.14. The number of amidine groups is 1. The first-order valence-electron chi connectivity index (χ1n) is 8.69. The monoisotopic (exact) mass is 532 g/mol. The highest BCUT2D eigenvalue weighted by Gasteiger charge is 2.49. The lowest BCUT2D eigenvalue weighted by Crippen LogP contribution is -2.38. The molecule has 0 N–H and O–H groups in total. The molecule has 0 bridgehead atoms. The van der Waals surface area contributed by atoms with Crippen LogP contribution in [0.3, 0.4) is 0 Å². The lowest BCUT2D eigenvalue weighted by atomic mass is 10.1. The third-order valence-electron chi connectivity index (χ3n) is 4.72. The van der Waals surface area contributed by atoms with Gasteiger partial charge in [0.1, 0.15) is 0 Å². The van der Waals surface area contributed by atoms with Crippen LogP contribution in [0.4, 0.5) is 5.69 Å². The summed E-state index contributed by atoms with van der Waals surface area (Å²) in [4.78, 5) is 18.7. The summed E-state index contributed by atoms with van der Waals surface area (Å²) in [5, 5.41) is 1.37. The Hall–Kier alpha value is -1.06. The Bertz CT molecular complexity index is 1110. The van der Waals surface area contributed by atoms with E-state index in [4.69, 9.17) is 23.2 Å². The number of nitrogens with zero attached hydrogens (tertiary/aromatic N) is 2. The average Bonchev–Trinajstić information content (AvgIpc) is 3.08. The number of aliphatic imine (C=N–C) groups is 1. The number of benzene rings is 2. The van der Waals surface area contributed by atoms with Crippen molar-refractivity contribution < 1.29 is 13.2 Å². The lowest BCUT2D eigenvalue weighted by Gasteiger charge is -2.25. The van der Waals surface area contributed by atoms with Crippen LogP contribution in [-0.2, 0) is 21.1 Å². The minimum absolute atomic E-state index is 0.0153. The molecule has 0 aliphatic carbocycles. The molecule has 1 amide bonds. The largest absolute Gasteiger partial charge is 0.314 e. The molecule has 0 unspecified atom stereocenters. The van der Waals surface area contributed by atoms with Gasteiger partial charge in [-0.25, -0.2) is 8.42 Å². The van der Waals surface area contributed by atoms with Gasteiger partial charge in [-0.15, -0.1) is 0 Å². The zero-order valence-corrected chi connectivity index (χ0v) is 19.6. The van der Waals surface area contributed by atoms with Crippen molar-refractivity contribution in [3.63, 3.8) is 0 Å². The number of rotatable bonds is 3. The zero-order valence-electron chi connectivity index (χ0n) is 14.9. The second-order valence-electron chi connectivity index (χ2n) is 6.86. The van der Waals surface area contributed by atoms with Crippen molar-refractivity contribution in [2.24, 2.45) is 4.99 Å². The van der Waals surface area contributed by atoms with E-state index in [0.29, 0.717) is 20.9 Å². The van der Waals surface area contributed by atoms with Crippen LogP contribution in [0.1, 0.15) is 5.56 Å². The van der Waals surface area contributed by atoms with Gasteiger partial charge in [0.25, 0.3) is 5.91 Å². The molecule has 0 spiro atoms. The van der Waals surface area contributed by atoms with Crippen LogP contribution in [0.2, 0.25) is 10.0 Å². The van der Waals surface area contributed by atoms with Crippen molar-refractivity contribution in [1.29, 1.82) is 0 Å². The van der Waals surface area contributed by atoms with Gasteiger partial charge in [0.05, 0.1) is 34.7 Å². The van der Waals surface area contributed by atoms with Crippen LogP contribution >= 0.6 is 50.9 Å². The second kappa shape index (κ2) is 8.23. The number of fused-ring (bicyclic) bond motifs is 1. The molecule has 2 saturated heterocycles. The van der Waals surface area contributed by atoms with E-state index in [0.717, 1.165) is 10.0 Å². The topological polar surface area (TPSA) is 66.8 Å². The van der Waals surface area contributed by atoms with Crippen LogP contribution in [0.5, 0.6) is 0 Å². The summed E-state index contributed by atoms with van der Waals surface area (Å²) >= 11 is 17.0. The van der Waals surface area contributed by atoms with Gasteiger partial charge < -0.3 is 4.90 Å². The molecular formula is C19H15BrCl2N2O3S2. The third-order valence-corrected chi connectivity index (χ3v) is 8.98. The predicted molar refractivity (Wildman–Crippen MR) is 123 cm³/mol. The van der Waals surface area contributed by atoms with Crippen LogP contribution in [0.25, 0.3) is 0 Å². The molecule has 2 fully saturated rings. The summed E-state index contributed by atoms with van der Waals surface area (Å²) in [5.41, 5.74) is 1.45. The predicted octanol–water partition coefficient (Wildman–Crippen LogP) is 4.60. The fourth-order valence-corrected chi connectivity index (χ4v) is 8.26. The molecule has 2 atom stereocenters. The molecule has 0 aromatic heterocycles. The number of hydrogen-bond acceptors (Lipinski definition) is 4. The fourth-order valence-electron chi connectivity index (χ4n) is 3.45. The Balaban J connectivity index is 1.66. The maximum absolute atomic E-state index is 12.6. The Morgan fingerprint density at radius 2 is 1.90 bits per heavy atom. The van der Waals surface area contributed by atoms with Gasteiger partial charge in [0.2, 0.25) is 0 Å². The second-order valence-corrected chi connectivity index (χ2v) is 12.0. The molecule has 152 valence electrons. The first kappa shape index (κ1) is 21.2. The minimum Gasteiger partial charge on any atom is -0.314 e. The van der Waals surface area contributed by atoms with Gasteiger partial charge in [-0.1, -0.05) is 63.0 Å². The van der Waals surface area contributed by atoms with E-state index in [9.17, 15) is 13.2 Å². The van der Waals surface area contributed by atoms with Crippen molar-refractivity contribution in [3.8, 4) is 0 Å². The van der Waals surface area contributed by atoms with Crippen molar-refractivity contribution in [2.75, 3.05) is 16.4 Å². The zero-order chi connectivity index (χ0) is 20.8. The lowest BCUT2D eigenvalue weighted by molar-refractivity contribution is -0.117. The molecule has 2 aromatic rings. The van der Waals surface area contributed by atoms with Gasteiger partial charge in [-0.3, -0.25) is 4.79 Å². The molecule has 5 nitrogen and oxygen atoms in total. The number of hydrogen-bond donors (Lipinski definition) is 0. The van der Waals surface area contributed by atoms with E-state index < -0.39 is 9.84 Å². The van der Waals surface area contributed by atoms with Crippen LogP contribution < -0.4 is 4.90 Å². The van der Waals surface area contributed by atoms with E-state index in [-0.39, 0.29) is 35.1 Å². The molecular weight excluding hydrogens is 519 g/mol. The highest BCUT2D eigenvalue weighted by Crippen LogP contribution is 2.43. The molecule has 2 aliphatic rings. The van der Waals surface area contributed by atoms with Gasteiger partial charge in [-0.2, -0.15) is 4.99 Å². The molecule has 2 aromatic carbocycles. The first-order valence-corrected chi connectivity index (χ1v) is 12.9. The third kappa shape index (κ3) is 4.66. The van der Waals surface area contributed by atoms with E-state index in [1.807, 2.05) is 6.07 Å². The Morgan fingerprint density at radius 3 is 2.59 bits per heavy atom. The highest BCUT2D eigenvalue weighted by atomic mass is 79.9. The smallest absolute Gasteiger partial charge is 0.252 e. The Kier molecular flexibility index (Phi) is 6.01. The summed E-state index contributed by atoms with van der Waals surface area (Å²) in [5.74, 6) is -0.227. The number of carbonyl (C=O) groups is 1. The van der Waals surface area contributed by atoms with Crippen molar-refractivity contribution >= 4 is 77.5 Å². The molecule has 2 aliphatic heterocycles. The summed E-state index contributed by atoms with van der Waals surface area (Å²) in [6.07, 6.45) is 0.136. The maximum Gasteiger partial charge on any atom is 0.252 e. The number of amides is 1. The van der Waals surface area contributed by atoms with Crippen molar-refractivity contribution in [3.05, 3.63) is 62.5 Å². The normalized spacial score (nSPS) is 24.1. The quantitative estimate of drug-likeness (QED) is 0.576. The molecule has 10 heteroatoms. The van der Waals surface area contributed by atoms with E-state index >= 15 is 0 Å². The van der Waals surface area contributed by atoms with Gasteiger partial charge in [-0.05, 0) is 35.9 Å². The van der Waals surface area contributed by atoms with E-state index in [2.05, 4.69) is 20.9 Å². The summed E-state index contributed by atoms with van der Waals surface area (Å²) in [6, 6.07) is 12.1. The van der Waals surface area contributed by atoms with E-state index in [1.165, 1.54) is 11.8 Å². The summed E-state index contributed by atoms with van der Waals surface area (Å²) in [7, 11) is -3.14. The Labute approximate surface area is 191 Å². The van der Waals surface area contributed by atoms with Crippen LogP contribution in [0, 0.1) is 0 Å². The molecule has 0 saturated carbocycles. The highest BCUT2D eigenvalue weighted by molar-refractivity contribution is 9.10.